The average Bonchev–Trinajstić information content (AvgIpc) is 2.74. The van der Waals surface area contributed by atoms with E-state index in [9.17, 15) is 14.9 Å². The molecule has 0 fully saturated rings. The summed E-state index contributed by atoms with van der Waals surface area (Å²) in [5.74, 6) is -0.671. The van der Waals surface area contributed by atoms with Crippen molar-refractivity contribution in [2.45, 2.75) is 20.8 Å². The Bertz CT molecular complexity index is 1060. The predicted molar refractivity (Wildman–Crippen MR) is 118 cm³/mol. The number of nitrogens with zero attached hydrogens (tertiary/aromatic N) is 1. The minimum absolute atomic E-state index is 0.109. The Labute approximate surface area is 186 Å². The van der Waals surface area contributed by atoms with Crippen molar-refractivity contribution in [2.24, 2.45) is 0 Å². The number of esters is 1. The standard InChI is InChI=1S/C23H23ClN2O5/c1-5-30-20-11-16(10-18(24)22(20)31-13-21(27)29-4)9-17(12-25)23(28)26-19-8-6-7-14(2)15(19)3/h6-11H,5,13H2,1-4H3,(H,26,28)/b17-9+. The molecule has 0 saturated heterocycles. The SMILES string of the molecule is CCOc1cc(/C=C(\C#N)C(=O)Nc2cccc(C)c2C)cc(Cl)c1OCC(=O)OC. The lowest BCUT2D eigenvalue weighted by molar-refractivity contribution is -0.142. The summed E-state index contributed by atoms with van der Waals surface area (Å²) in [6.45, 7) is 5.58. The van der Waals surface area contributed by atoms with Gasteiger partial charge in [0.1, 0.15) is 11.6 Å². The molecule has 0 aliphatic rings. The Morgan fingerprint density at radius 1 is 1.23 bits per heavy atom. The molecule has 0 aromatic heterocycles. The Morgan fingerprint density at radius 2 is 1.97 bits per heavy atom. The van der Waals surface area contributed by atoms with Crippen LogP contribution in [0.15, 0.2) is 35.9 Å². The van der Waals surface area contributed by atoms with Crippen molar-refractivity contribution >= 4 is 35.2 Å². The molecular formula is C23H23ClN2O5. The van der Waals surface area contributed by atoms with Crippen molar-refractivity contribution in [2.75, 3.05) is 25.6 Å². The molecule has 0 radical (unpaired) electrons. The van der Waals surface area contributed by atoms with Gasteiger partial charge in [0.05, 0.1) is 18.7 Å². The van der Waals surface area contributed by atoms with Gasteiger partial charge in [0, 0.05) is 5.69 Å². The van der Waals surface area contributed by atoms with E-state index >= 15 is 0 Å². The number of hydrogen-bond acceptors (Lipinski definition) is 6. The molecule has 1 N–H and O–H groups in total. The summed E-state index contributed by atoms with van der Waals surface area (Å²) < 4.78 is 15.5. The van der Waals surface area contributed by atoms with Crippen LogP contribution in [0.25, 0.3) is 6.08 Å². The van der Waals surface area contributed by atoms with Gasteiger partial charge in [-0.1, -0.05) is 23.7 Å². The van der Waals surface area contributed by atoms with E-state index in [1.807, 2.05) is 32.0 Å². The number of hydrogen-bond donors (Lipinski definition) is 1. The first-order valence-electron chi connectivity index (χ1n) is 9.46. The number of rotatable bonds is 8. The van der Waals surface area contributed by atoms with E-state index in [1.165, 1.54) is 19.3 Å². The fraction of sp³-hybridized carbons (Fsp3) is 0.261. The average molecular weight is 443 g/mol. The molecule has 0 aliphatic heterocycles. The molecule has 8 heteroatoms. The summed E-state index contributed by atoms with van der Waals surface area (Å²) in [6.07, 6.45) is 1.40. The van der Waals surface area contributed by atoms with E-state index in [0.29, 0.717) is 17.9 Å². The molecule has 0 spiro atoms. The van der Waals surface area contributed by atoms with Gasteiger partial charge in [-0.3, -0.25) is 4.79 Å². The number of halogens is 1. The molecule has 0 atom stereocenters. The Balaban J connectivity index is 2.34. The zero-order valence-electron chi connectivity index (χ0n) is 17.7. The summed E-state index contributed by atoms with van der Waals surface area (Å²) in [4.78, 5) is 24.0. The van der Waals surface area contributed by atoms with Gasteiger partial charge in [0.15, 0.2) is 18.1 Å². The Hall–Kier alpha value is -3.50. The quantitative estimate of drug-likeness (QED) is 0.368. The maximum atomic E-state index is 12.6. The van der Waals surface area contributed by atoms with E-state index < -0.39 is 11.9 Å². The number of nitrogens with one attached hydrogen (secondary N) is 1. The fourth-order valence-electron chi connectivity index (χ4n) is 2.66. The number of carbonyl (C=O) groups is 2. The van der Waals surface area contributed by atoms with Crippen LogP contribution in [-0.4, -0.2) is 32.2 Å². The van der Waals surface area contributed by atoms with Gasteiger partial charge in [0.2, 0.25) is 0 Å². The molecule has 7 nitrogen and oxygen atoms in total. The van der Waals surface area contributed by atoms with Crippen LogP contribution in [0.5, 0.6) is 11.5 Å². The number of amides is 1. The second-order valence-electron chi connectivity index (χ2n) is 6.50. The summed E-state index contributed by atoms with van der Waals surface area (Å²) in [7, 11) is 1.25. The molecule has 0 bridgehead atoms. The van der Waals surface area contributed by atoms with Crippen molar-refractivity contribution in [3.8, 4) is 17.6 Å². The van der Waals surface area contributed by atoms with Gasteiger partial charge >= 0.3 is 5.97 Å². The lowest BCUT2D eigenvalue weighted by Gasteiger charge is -2.14. The highest BCUT2D eigenvalue weighted by molar-refractivity contribution is 6.32. The zero-order chi connectivity index (χ0) is 23.0. The van der Waals surface area contributed by atoms with Crippen molar-refractivity contribution in [3.63, 3.8) is 0 Å². The number of carbonyl (C=O) groups excluding carboxylic acids is 2. The van der Waals surface area contributed by atoms with Crippen LogP contribution in [0.1, 0.15) is 23.6 Å². The molecule has 162 valence electrons. The van der Waals surface area contributed by atoms with E-state index in [0.717, 1.165) is 11.1 Å². The largest absolute Gasteiger partial charge is 0.490 e. The number of aryl methyl sites for hydroxylation is 1. The molecule has 0 heterocycles. The number of nitriles is 1. The molecule has 31 heavy (non-hydrogen) atoms. The summed E-state index contributed by atoms with van der Waals surface area (Å²) >= 11 is 6.30. The third-order valence-electron chi connectivity index (χ3n) is 4.42. The molecule has 2 aromatic rings. The highest BCUT2D eigenvalue weighted by Crippen LogP contribution is 2.37. The first kappa shape index (κ1) is 23.8. The topological polar surface area (TPSA) is 97.6 Å². The van der Waals surface area contributed by atoms with Crippen molar-refractivity contribution in [1.82, 2.24) is 0 Å². The summed E-state index contributed by atoms with van der Waals surface area (Å²) in [6, 6.07) is 10.5. The lowest BCUT2D eigenvalue weighted by atomic mass is 10.1. The van der Waals surface area contributed by atoms with Crippen LogP contribution in [0, 0.1) is 25.2 Å². The highest BCUT2D eigenvalue weighted by atomic mass is 35.5. The van der Waals surface area contributed by atoms with E-state index in [1.54, 1.807) is 19.1 Å². The monoisotopic (exact) mass is 442 g/mol. The van der Waals surface area contributed by atoms with E-state index in [4.69, 9.17) is 21.1 Å². The molecule has 0 saturated carbocycles. The third-order valence-corrected chi connectivity index (χ3v) is 4.70. The zero-order valence-corrected chi connectivity index (χ0v) is 18.5. The van der Waals surface area contributed by atoms with Crippen molar-refractivity contribution < 1.29 is 23.8 Å². The number of benzene rings is 2. The van der Waals surface area contributed by atoms with Crippen LogP contribution >= 0.6 is 11.6 Å². The van der Waals surface area contributed by atoms with Crippen molar-refractivity contribution in [1.29, 1.82) is 5.26 Å². The number of anilines is 1. The highest BCUT2D eigenvalue weighted by Gasteiger charge is 2.16. The second kappa shape index (κ2) is 11.0. The molecule has 0 unspecified atom stereocenters. The van der Waals surface area contributed by atoms with Gasteiger partial charge in [-0.2, -0.15) is 5.26 Å². The van der Waals surface area contributed by atoms with Gasteiger partial charge in [-0.15, -0.1) is 0 Å². The minimum atomic E-state index is -0.572. The van der Waals surface area contributed by atoms with Crippen molar-refractivity contribution in [3.05, 3.63) is 57.6 Å². The Morgan fingerprint density at radius 3 is 2.61 bits per heavy atom. The first-order valence-corrected chi connectivity index (χ1v) is 9.83. The van der Waals surface area contributed by atoms with Crippen LogP contribution in [0.3, 0.4) is 0 Å². The maximum Gasteiger partial charge on any atom is 0.343 e. The van der Waals surface area contributed by atoms with Gasteiger partial charge < -0.3 is 19.5 Å². The number of ether oxygens (including phenoxy) is 3. The van der Waals surface area contributed by atoms with Crippen LogP contribution in [-0.2, 0) is 14.3 Å². The van der Waals surface area contributed by atoms with Gasteiger partial charge in [-0.25, -0.2) is 4.79 Å². The smallest absolute Gasteiger partial charge is 0.343 e. The molecule has 0 aliphatic carbocycles. The van der Waals surface area contributed by atoms with Crippen LogP contribution < -0.4 is 14.8 Å². The van der Waals surface area contributed by atoms with Gasteiger partial charge in [0.25, 0.3) is 5.91 Å². The first-order chi connectivity index (χ1) is 14.8. The van der Waals surface area contributed by atoms with Gasteiger partial charge in [-0.05, 0) is 61.7 Å². The minimum Gasteiger partial charge on any atom is -0.490 e. The number of methoxy groups -OCH3 is 1. The normalized spacial score (nSPS) is 10.8. The van der Waals surface area contributed by atoms with E-state index in [-0.39, 0.29) is 28.7 Å². The summed E-state index contributed by atoms with van der Waals surface area (Å²) in [5, 5.41) is 12.4. The van der Waals surface area contributed by atoms with Crippen LogP contribution in [0.4, 0.5) is 5.69 Å². The fourth-order valence-corrected chi connectivity index (χ4v) is 2.93. The summed E-state index contributed by atoms with van der Waals surface area (Å²) in [5.41, 5.74) is 2.93. The Kier molecular flexibility index (Phi) is 8.47. The van der Waals surface area contributed by atoms with Crippen LogP contribution in [0.2, 0.25) is 5.02 Å². The molecular weight excluding hydrogens is 420 g/mol. The predicted octanol–water partition coefficient (Wildman–Crippen LogP) is 4.45. The molecule has 2 aromatic carbocycles. The third kappa shape index (κ3) is 6.24. The van der Waals surface area contributed by atoms with E-state index in [2.05, 4.69) is 10.1 Å². The lowest BCUT2D eigenvalue weighted by Crippen LogP contribution is -2.14. The molecule has 2 rings (SSSR count). The maximum absolute atomic E-state index is 12.6. The molecule has 1 amide bonds. The second-order valence-corrected chi connectivity index (χ2v) is 6.91.